The van der Waals surface area contributed by atoms with Gasteiger partial charge in [0, 0.05) is 11.6 Å². The number of carbonyl (C=O) groups excluding carboxylic acids is 1. The zero-order valence-electron chi connectivity index (χ0n) is 13.5. The Morgan fingerprint density at radius 1 is 1.08 bits per heavy atom. The smallest absolute Gasteiger partial charge is 0.230 e. The number of hydrogen-bond donors (Lipinski definition) is 2. The molecule has 0 aromatic heterocycles. The van der Waals surface area contributed by atoms with Crippen molar-refractivity contribution in [3.8, 4) is 0 Å². The van der Waals surface area contributed by atoms with E-state index in [0.717, 1.165) is 36.8 Å². The highest BCUT2D eigenvalue weighted by Crippen LogP contribution is 2.41. The molecule has 2 aromatic carbocycles. The standard InChI is InChI=1S/C20H22ClNO2/c21-17-10-8-15(9-11-17)18(23)14-22-19(24)20(12-4-5-13-20)16-6-2-1-3-7-16/h1-3,6-11,18,23H,4-5,12-14H2,(H,22,24). The van der Waals surface area contributed by atoms with Gasteiger partial charge in [-0.25, -0.2) is 0 Å². The van der Waals surface area contributed by atoms with Crippen LogP contribution in [0.25, 0.3) is 0 Å². The summed E-state index contributed by atoms with van der Waals surface area (Å²) in [6, 6.07) is 17.0. The number of hydrogen-bond acceptors (Lipinski definition) is 2. The Morgan fingerprint density at radius 3 is 2.33 bits per heavy atom. The first kappa shape index (κ1) is 17.0. The molecular formula is C20H22ClNO2. The first-order valence-corrected chi connectivity index (χ1v) is 8.77. The average molecular weight is 344 g/mol. The van der Waals surface area contributed by atoms with Crippen molar-refractivity contribution in [1.29, 1.82) is 0 Å². The van der Waals surface area contributed by atoms with Crippen LogP contribution >= 0.6 is 11.6 Å². The summed E-state index contributed by atoms with van der Waals surface area (Å²) in [4.78, 5) is 12.9. The van der Waals surface area contributed by atoms with Gasteiger partial charge < -0.3 is 10.4 Å². The van der Waals surface area contributed by atoms with Gasteiger partial charge in [0.1, 0.15) is 0 Å². The van der Waals surface area contributed by atoms with E-state index in [1.165, 1.54) is 0 Å². The lowest BCUT2D eigenvalue weighted by Crippen LogP contribution is -2.44. The van der Waals surface area contributed by atoms with Crippen LogP contribution in [0.1, 0.15) is 42.9 Å². The number of benzene rings is 2. The van der Waals surface area contributed by atoms with Crippen molar-refractivity contribution in [1.82, 2.24) is 5.32 Å². The monoisotopic (exact) mass is 343 g/mol. The van der Waals surface area contributed by atoms with Crippen LogP contribution in [-0.2, 0) is 10.2 Å². The highest BCUT2D eigenvalue weighted by Gasteiger charge is 2.42. The number of amides is 1. The van der Waals surface area contributed by atoms with Crippen molar-refractivity contribution in [3.05, 3.63) is 70.7 Å². The molecular weight excluding hydrogens is 322 g/mol. The summed E-state index contributed by atoms with van der Waals surface area (Å²) in [5.41, 5.74) is 1.36. The van der Waals surface area contributed by atoms with Crippen LogP contribution in [0.4, 0.5) is 0 Å². The Kier molecular flexibility index (Phi) is 5.22. The third-order valence-corrected chi connectivity index (χ3v) is 5.18. The first-order valence-electron chi connectivity index (χ1n) is 8.39. The Morgan fingerprint density at radius 2 is 1.71 bits per heavy atom. The maximum Gasteiger partial charge on any atom is 0.230 e. The lowest BCUT2D eigenvalue weighted by atomic mass is 9.78. The Labute approximate surface area is 147 Å². The molecule has 1 aliphatic carbocycles. The highest BCUT2D eigenvalue weighted by atomic mass is 35.5. The summed E-state index contributed by atoms with van der Waals surface area (Å²) >= 11 is 5.86. The minimum atomic E-state index is -0.736. The zero-order valence-corrected chi connectivity index (χ0v) is 14.3. The van der Waals surface area contributed by atoms with E-state index in [1.807, 2.05) is 30.3 Å². The number of aliphatic hydroxyl groups excluding tert-OH is 1. The van der Waals surface area contributed by atoms with Crippen molar-refractivity contribution in [3.63, 3.8) is 0 Å². The molecule has 0 bridgehead atoms. The third-order valence-electron chi connectivity index (χ3n) is 4.93. The van der Waals surface area contributed by atoms with Gasteiger partial charge in [0.2, 0.25) is 5.91 Å². The van der Waals surface area contributed by atoms with E-state index in [4.69, 9.17) is 11.6 Å². The highest BCUT2D eigenvalue weighted by molar-refractivity contribution is 6.30. The minimum Gasteiger partial charge on any atom is -0.387 e. The fourth-order valence-corrected chi connectivity index (χ4v) is 3.67. The molecule has 0 spiro atoms. The molecule has 3 rings (SSSR count). The molecule has 1 fully saturated rings. The van der Waals surface area contributed by atoms with Crippen molar-refractivity contribution < 1.29 is 9.90 Å². The summed E-state index contributed by atoms with van der Waals surface area (Å²) < 4.78 is 0. The van der Waals surface area contributed by atoms with Gasteiger partial charge in [-0.3, -0.25) is 4.79 Å². The molecule has 24 heavy (non-hydrogen) atoms. The van der Waals surface area contributed by atoms with Crippen LogP contribution in [0.2, 0.25) is 5.02 Å². The summed E-state index contributed by atoms with van der Waals surface area (Å²) in [5.74, 6) is 0.0132. The van der Waals surface area contributed by atoms with Gasteiger partial charge in [-0.05, 0) is 36.1 Å². The van der Waals surface area contributed by atoms with Crippen molar-refractivity contribution in [2.45, 2.75) is 37.2 Å². The van der Waals surface area contributed by atoms with Gasteiger partial charge in [0.15, 0.2) is 0 Å². The topological polar surface area (TPSA) is 49.3 Å². The molecule has 126 valence electrons. The fourth-order valence-electron chi connectivity index (χ4n) is 3.54. The summed E-state index contributed by atoms with van der Waals surface area (Å²) in [5, 5.41) is 13.9. The van der Waals surface area contributed by atoms with Crippen LogP contribution in [-0.4, -0.2) is 17.6 Å². The largest absolute Gasteiger partial charge is 0.387 e. The quantitative estimate of drug-likeness (QED) is 0.862. The summed E-state index contributed by atoms with van der Waals surface area (Å²) in [7, 11) is 0. The second kappa shape index (κ2) is 7.37. The molecule has 2 aromatic rings. The van der Waals surface area contributed by atoms with E-state index in [0.29, 0.717) is 5.02 Å². The Balaban J connectivity index is 1.69. The fraction of sp³-hybridized carbons (Fsp3) is 0.350. The lowest BCUT2D eigenvalue weighted by molar-refractivity contribution is -0.127. The van der Waals surface area contributed by atoms with E-state index < -0.39 is 11.5 Å². The number of halogens is 1. The summed E-state index contributed by atoms with van der Waals surface area (Å²) in [6.45, 7) is 0.203. The van der Waals surface area contributed by atoms with Crippen LogP contribution in [0, 0.1) is 0 Å². The molecule has 1 atom stereocenters. The molecule has 3 nitrogen and oxygen atoms in total. The molecule has 1 amide bonds. The van der Waals surface area contributed by atoms with Crippen LogP contribution in [0.3, 0.4) is 0 Å². The second-order valence-electron chi connectivity index (χ2n) is 6.43. The summed E-state index contributed by atoms with van der Waals surface area (Å²) in [6.07, 6.45) is 3.10. The Bertz CT molecular complexity index is 679. The molecule has 1 unspecified atom stereocenters. The molecule has 2 N–H and O–H groups in total. The van der Waals surface area contributed by atoms with Gasteiger partial charge >= 0.3 is 0 Å². The molecule has 0 aliphatic heterocycles. The van der Waals surface area contributed by atoms with Gasteiger partial charge in [0.25, 0.3) is 0 Å². The molecule has 1 saturated carbocycles. The predicted molar refractivity (Wildman–Crippen MR) is 96.0 cm³/mol. The van der Waals surface area contributed by atoms with Crippen LogP contribution in [0.15, 0.2) is 54.6 Å². The maximum absolute atomic E-state index is 12.9. The van der Waals surface area contributed by atoms with E-state index in [9.17, 15) is 9.90 Å². The minimum absolute atomic E-state index is 0.0132. The number of rotatable bonds is 5. The SMILES string of the molecule is O=C(NCC(O)c1ccc(Cl)cc1)C1(c2ccccc2)CCCC1. The Hall–Kier alpha value is -1.84. The van der Waals surface area contributed by atoms with Gasteiger partial charge in [-0.15, -0.1) is 0 Å². The molecule has 0 saturated heterocycles. The maximum atomic E-state index is 12.9. The molecule has 4 heteroatoms. The second-order valence-corrected chi connectivity index (χ2v) is 6.87. The molecule has 0 radical (unpaired) electrons. The zero-order chi connectivity index (χ0) is 17.0. The third kappa shape index (κ3) is 3.47. The van der Waals surface area contributed by atoms with Crippen LogP contribution < -0.4 is 5.32 Å². The average Bonchev–Trinajstić information content (AvgIpc) is 3.12. The van der Waals surface area contributed by atoms with Crippen molar-refractivity contribution >= 4 is 17.5 Å². The van der Waals surface area contributed by atoms with Gasteiger partial charge in [-0.1, -0.05) is 66.9 Å². The van der Waals surface area contributed by atoms with Crippen molar-refractivity contribution in [2.24, 2.45) is 0 Å². The molecule has 1 aliphatic rings. The number of aliphatic hydroxyl groups is 1. The predicted octanol–water partition coefficient (Wildman–Crippen LogP) is 4.00. The van der Waals surface area contributed by atoms with E-state index in [1.54, 1.807) is 24.3 Å². The molecule has 0 heterocycles. The van der Waals surface area contributed by atoms with Crippen LogP contribution in [0.5, 0.6) is 0 Å². The van der Waals surface area contributed by atoms with E-state index in [-0.39, 0.29) is 12.5 Å². The number of carbonyl (C=O) groups is 1. The van der Waals surface area contributed by atoms with Gasteiger partial charge in [-0.2, -0.15) is 0 Å². The van der Waals surface area contributed by atoms with Crippen molar-refractivity contribution in [2.75, 3.05) is 6.54 Å². The van der Waals surface area contributed by atoms with E-state index in [2.05, 4.69) is 5.32 Å². The van der Waals surface area contributed by atoms with Gasteiger partial charge in [0.05, 0.1) is 11.5 Å². The normalized spacial score (nSPS) is 17.4. The first-order chi connectivity index (χ1) is 11.6. The lowest BCUT2D eigenvalue weighted by Gasteiger charge is -2.29. The van der Waals surface area contributed by atoms with E-state index >= 15 is 0 Å². The number of nitrogens with one attached hydrogen (secondary N) is 1.